The molecule has 0 spiro atoms. The molecule has 0 amide bonds. The molecule has 4 N–H and O–H groups in total. The summed E-state index contributed by atoms with van der Waals surface area (Å²) in [6.07, 6.45) is 0. The molecule has 112 valence electrons. The number of rotatable bonds is 7. The molecular weight excluding hydrogens is 256 g/mol. The Balaban J connectivity index is 2.73. The van der Waals surface area contributed by atoms with Crippen LogP contribution in [0.1, 0.15) is 18.1 Å². The molecule has 0 bridgehead atoms. The van der Waals surface area contributed by atoms with Gasteiger partial charge in [0.1, 0.15) is 5.75 Å². The Bertz CT molecular complexity index is 460. The molecule has 0 saturated heterocycles. The van der Waals surface area contributed by atoms with Crippen LogP contribution in [-0.2, 0) is 6.54 Å². The van der Waals surface area contributed by atoms with Gasteiger partial charge in [0.15, 0.2) is 5.84 Å². The Morgan fingerprint density at radius 2 is 2.20 bits per heavy atom. The second-order valence-electron chi connectivity index (χ2n) is 5.06. The van der Waals surface area contributed by atoms with Crippen molar-refractivity contribution in [2.24, 2.45) is 10.9 Å². The number of likely N-dealkylation sites (N-methyl/N-ethyl adjacent to an activating group) is 1. The second kappa shape index (κ2) is 7.72. The zero-order valence-corrected chi connectivity index (χ0v) is 12.6. The molecule has 6 nitrogen and oxygen atoms in total. The number of amidine groups is 1. The van der Waals surface area contributed by atoms with E-state index in [1.54, 1.807) is 13.2 Å². The number of benzene rings is 1. The molecule has 0 saturated carbocycles. The van der Waals surface area contributed by atoms with E-state index in [1.807, 2.05) is 26.2 Å². The third-order valence-electron chi connectivity index (χ3n) is 2.94. The summed E-state index contributed by atoms with van der Waals surface area (Å²) in [5, 5.41) is 15.2. The minimum atomic E-state index is 0.0438. The largest absolute Gasteiger partial charge is 0.496 e. The molecule has 20 heavy (non-hydrogen) atoms. The number of nitrogens with two attached hydrogens (primary N) is 1. The van der Waals surface area contributed by atoms with Gasteiger partial charge in [-0.05, 0) is 38.7 Å². The van der Waals surface area contributed by atoms with Crippen molar-refractivity contribution < 1.29 is 9.94 Å². The van der Waals surface area contributed by atoms with E-state index in [4.69, 9.17) is 15.7 Å². The van der Waals surface area contributed by atoms with E-state index in [0.29, 0.717) is 17.4 Å². The van der Waals surface area contributed by atoms with Crippen molar-refractivity contribution >= 4 is 5.84 Å². The van der Waals surface area contributed by atoms with Gasteiger partial charge < -0.3 is 25.9 Å². The van der Waals surface area contributed by atoms with Gasteiger partial charge in [0, 0.05) is 19.1 Å². The van der Waals surface area contributed by atoms with Gasteiger partial charge in [-0.25, -0.2) is 0 Å². The Hall–Kier alpha value is -1.79. The van der Waals surface area contributed by atoms with Gasteiger partial charge in [0.25, 0.3) is 0 Å². The molecule has 0 aliphatic carbocycles. The summed E-state index contributed by atoms with van der Waals surface area (Å²) in [7, 11) is 5.66. The van der Waals surface area contributed by atoms with Gasteiger partial charge >= 0.3 is 0 Å². The highest BCUT2D eigenvalue weighted by Gasteiger charge is 2.09. The first-order valence-electron chi connectivity index (χ1n) is 6.50. The van der Waals surface area contributed by atoms with Crippen LogP contribution in [0.15, 0.2) is 23.4 Å². The third kappa shape index (κ3) is 4.71. The summed E-state index contributed by atoms with van der Waals surface area (Å²) >= 11 is 0. The van der Waals surface area contributed by atoms with E-state index < -0.39 is 0 Å². The molecule has 1 atom stereocenters. The minimum absolute atomic E-state index is 0.0438. The molecule has 1 aromatic carbocycles. The normalized spacial score (nSPS) is 13.6. The van der Waals surface area contributed by atoms with E-state index in [-0.39, 0.29) is 5.84 Å². The van der Waals surface area contributed by atoms with E-state index in [1.165, 1.54) is 0 Å². The van der Waals surface area contributed by atoms with Crippen LogP contribution in [0.25, 0.3) is 0 Å². The molecular formula is C14H24N4O2. The molecule has 0 aliphatic rings. The fourth-order valence-electron chi connectivity index (χ4n) is 2.02. The lowest BCUT2D eigenvalue weighted by Crippen LogP contribution is -2.35. The summed E-state index contributed by atoms with van der Waals surface area (Å²) in [5.41, 5.74) is 7.27. The first kappa shape index (κ1) is 16.3. The Kier molecular flexibility index (Phi) is 6.27. The quantitative estimate of drug-likeness (QED) is 0.298. The maximum atomic E-state index is 8.73. The van der Waals surface area contributed by atoms with Crippen molar-refractivity contribution in [3.63, 3.8) is 0 Å². The zero-order chi connectivity index (χ0) is 15.1. The number of hydrogen-bond donors (Lipinski definition) is 3. The number of ether oxygens (including phenoxy) is 1. The Morgan fingerprint density at radius 3 is 2.75 bits per heavy atom. The Morgan fingerprint density at radius 1 is 1.50 bits per heavy atom. The molecule has 0 aliphatic heterocycles. The lowest BCUT2D eigenvalue weighted by molar-refractivity contribution is 0.318. The van der Waals surface area contributed by atoms with Crippen LogP contribution in [0.5, 0.6) is 5.75 Å². The van der Waals surface area contributed by atoms with Crippen molar-refractivity contribution in [3.8, 4) is 5.75 Å². The van der Waals surface area contributed by atoms with Crippen LogP contribution in [0.2, 0.25) is 0 Å². The monoisotopic (exact) mass is 280 g/mol. The highest BCUT2D eigenvalue weighted by Crippen LogP contribution is 2.20. The number of hydrogen-bond acceptors (Lipinski definition) is 5. The van der Waals surface area contributed by atoms with E-state index >= 15 is 0 Å². The van der Waals surface area contributed by atoms with Crippen molar-refractivity contribution in [1.82, 2.24) is 10.2 Å². The number of nitrogens with one attached hydrogen (secondary N) is 1. The zero-order valence-electron chi connectivity index (χ0n) is 12.6. The van der Waals surface area contributed by atoms with Crippen LogP contribution < -0.4 is 15.8 Å². The lowest BCUT2D eigenvalue weighted by atomic mass is 10.1. The number of oxime groups is 1. The van der Waals surface area contributed by atoms with Crippen molar-refractivity contribution in [1.29, 1.82) is 0 Å². The van der Waals surface area contributed by atoms with Crippen molar-refractivity contribution in [3.05, 3.63) is 29.3 Å². The number of nitrogens with zero attached hydrogens (tertiary/aromatic N) is 2. The van der Waals surface area contributed by atoms with Gasteiger partial charge in [0.05, 0.1) is 12.7 Å². The van der Waals surface area contributed by atoms with Crippen LogP contribution in [0.3, 0.4) is 0 Å². The van der Waals surface area contributed by atoms with E-state index in [0.717, 1.165) is 18.7 Å². The first-order chi connectivity index (χ1) is 9.47. The van der Waals surface area contributed by atoms with Crippen LogP contribution >= 0.6 is 0 Å². The lowest BCUT2D eigenvalue weighted by Gasteiger charge is -2.18. The Labute approximate surface area is 120 Å². The molecule has 0 aromatic heterocycles. The van der Waals surface area contributed by atoms with Gasteiger partial charge in [-0.15, -0.1) is 0 Å². The summed E-state index contributed by atoms with van der Waals surface area (Å²) in [4.78, 5) is 2.14. The van der Waals surface area contributed by atoms with Crippen molar-refractivity contribution in [2.75, 3.05) is 27.7 Å². The van der Waals surface area contributed by atoms with Crippen LogP contribution in [-0.4, -0.2) is 49.7 Å². The molecule has 6 heteroatoms. The van der Waals surface area contributed by atoms with Gasteiger partial charge in [0.2, 0.25) is 0 Å². The molecule has 1 unspecified atom stereocenters. The smallest absolute Gasteiger partial charge is 0.173 e. The summed E-state index contributed by atoms with van der Waals surface area (Å²) < 4.78 is 5.27. The second-order valence-corrected chi connectivity index (χ2v) is 5.06. The standard InChI is InChI=1S/C14H24N4O2/c1-10(9-18(2)3)16-8-11-5-6-12(14(15)17-19)13(7-11)20-4/h5-7,10,16,19H,8-9H2,1-4H3,(H2,15,17). The summed E-state index contributed by atoms with van der Waals surface area (Å²) in [6.45, 7) is 3.85. The molecule has 0 radical (unpaired) electrons. The highest BCUT2D eigenvalue weighted by molar-refractivity contribution is 5.99. The van der Waals surface area contributed by atoms with Crippen LogP contribution in [0.4, 0.5) is 0 Å². The fraction of sp³-hybridized carbons (Fsp3) is 0.500. The van der Waals surface area contributed by atoms with Gasteiger partial charge in [-0.2, -0.15) is 0 Å². The van der Waals surface area contributed by atoms with Gasteiger partial charge in [-0.3, -0.25) is 0 Å². The topological polar surface area (TPSA) is 83.1 Å². The predicted molar refractivity (Wildman–Crippen MR) is 80.4 cm³/mol. The minimum Gasteiger partial charge on any atom is -0.496 e. The third-order valence-corrected chi connectivity index (χ3v) is 2.94. The fourth-order valence-corrected chi connectivity index (χ4v) is 2.02. The maximum Gasteiger partial charge on any atom is 0.173 e. The number of methoxy groups -OCH3 is 1. The predicted octanol–water partition coefficient (Wildman–Crippen LogP) is 0.829. The van der Waals surface area contributed by atoms with Crippen LogP contribution in [0, 0.1) is 0 Å². The molecule has 0 heterocycles. The first-order valence-corrected chi connectivity index (χ1v) is 6.50. The maximum absolute atomic E-state index is 8.73. The summed E-state index contributed by atoms with van der Waals surface area (Å²) in [6, 6.07) is 6.01. The van der Waals surface area contributed by atoms with E-state index in [2.05, 4.69) is 22.3 Å². The van der Waals surface area contributed by atoms with E-state index in [9.17, 15) is 0 Å². The van der Waals surface area contributed by atoms with Gasteiger partial charge in [-0.1, -0.05) is 11.2 Å². The average molecular weight is 280 g/mol. The van der Waals surface area contributed by atoms with Crippen molar-refractivity contribution in [2.45, 2.75) is 19.5 Å². The molecule has 1 rings (SSSR count). The molecule has 1 aromatic rings. The molecule has 0 fully saturated rings. The average Bonchev–Trinajstić information content (AvgIpc) is 2.43. The highest BCUT2D eigenvalue weighted by atomic mass is 16.5. The SMILES string of the molecule is COc1cc(CNC(C)CN(C)C)ccc1/C(N)=N/O. The summed E-state index contributed by atoms with van der Waals surface area (Å²) in [5.74, 6) is 0.641.